The molecule has 2 fully saturated rings. The molecule has 4 nitrogen and oxygen atoms in total. The third-order valence-electron chi connectivity index (χ3n) is 5.14. The monoisotopic (exact) mass is 306 g/mol. The van der Waals surface area contributed by atoms with Crippen LogP contribution in [-0.4, -0.2) is 14.1 Å². The summed E-state index contributed by atoms with van der Waals surface area (Å²) >= 11 is 0. The Morgan fingerprint density at radius 3 is 2.48 bits per heavy atom. The van der Waals surface area contributed by atoms with Gasteiger partial charge < -0.3 is 0 Å². The van der Waals surface area contributed by atoms with Crippen LogP contribution < -0.4 is 4.83 Å². The van der Waals surface area contributed by atoms with E-state index in [0.717, 1.165) is 36.5 Å². The van der Waals surface area contributed by atoms with E-state index in [0.29, 0.717) is 11.3 Å². The van der Waals surface area contributed by atoms with Gasteiger partial charge in [0.05, 0.1) is 4.90 Å². The van der Waals surface area contributed by atoms with Crippen molar-refractivity contribution in [1.82, 2.24) is 4.83 Å². The van der Waals surface area contributed by atoms with Crippen molar-refractivity contribution in [3.8, 4) is 0 Å². The molecule has 2 aliphatic carbocycles. The van der Waals surface area contributed by atoms with Crippen LogP contribution in [0.25, 0.3) is 0 Å². The third kappa shape index (κ3) is 2.71. The van der Waals surface area contributed by atoms with Gasteiger partial charge in [0.25, 0.3) is 10.0 Å². The van der Waals surface area contributed by atoms with Crippen molar-refractivity contribution in [3.63, 3.8) is 0 Å². The molecule has 0 amide bonds. The number of nitrogens with zero attached hydrogens (tertiary/aromatic N) is 1. The molecule has 2 saturated carbocycles. The molecule has 2 aliphatic rings. The van der Waals surface area contributed by atoms with E-state index in [4.69, 9.17) is 0 Å². The second-order valence-corrected chi connectivity index (χ2v) is 8.52. The third-order valence-corrected chi connectivity index (χ3v) is 6.37. The zero-order chi connectivity index (χ0) is 15.3. The van der Waals surface area contributed by atoms with Crippen molar-refractivity contribution in [1.29, 1.82) is 0 Å². The highest BCUT2D eigenvalue weighted by atomic mass is 32.2. The van der Waals surface area contributed by atoms with Gasteiger partial charge in [-0.2, -0.15) is 13.5 Å². The van der Waals surface area contributed by atoms with Crippen molar-refractivity contribution >= 4 is 15.7 Å². The molecule has 1 aromatic carbocycles. The molecule has 0 aromatic heterocycles. The highest BCUT2D eigenvalue weighted by Gasteiger charge is 2.58. The van der Waals surface area contributed by atoms with Crippen LogP contribution >= 0.6 is 0 Å². The van der Waals surface area contributed by atoms with Crippen LogP contribution in [0.3, 0.4) is 0 Å². The normalized spacial score (nSPS) is 29.0. The Morgan fingerprint density at radius 2 is 1.86 bits per heavy atom. The molecule has 0 unspecified atom stereocenters. The van der Waals surface area contributed by atoms with Crippen LogP contribution in [0.5, 0.6) is 0 Å². The lowest BCUT2D eigenvalue weighted by Crippen LogP contribution is -2.21. The number of nitrogens with one attached hydrogen (secondary N) is 1. The van der Waals surface area contributed by atoms with E-state index in [1.807, 2.05) is 6.92 Å². The molecular weight excluding hydrogens is 284 g/mol. The predicted molar refractivity (Wildman–Crippen MR) is 83.5 cm³/mol. The van der Waals surface area contributed by atoms with Crippen molar-refractivity contribution < 1.29 is 8.42 Å². The van der Waals surface area contributed by atoms with Gasteiger partial charge >= 0.3 is 0 Å². The van der Waals surface area contributed by atoms with Crippen LogP contribution in [0, 0.1) is 24.2 Å². The second kappa shape index (κ2) is 4.83. The zero-order valence-corrected chi connectivity index (χ0v) is 13.6. The van der Waals surface area contributed by atoms with Crippen LogP contribution in [0.2, 0.25) is 0 Å². The van der Waals surface area contributed by atoms with E-state index in [2.05, 4.69) is 23.8 Å². The molecule has 3 rings (SSSR count). The fourth-order valence-electron chi connectivity index (χ4n) is 3.51. The Balaban J connectivity index is 1.69. The number of hydrogen-bond acceptors (Lipinski definition) is 3. The van der Waals surface area contributed by atoms with Gasteiger partial charge in [-0.15, -0.1) is 0 Å². The fraction of sp³-hybridized carbons (Fsp3) is 0.562. The molecule has 0 radical (unpaired) electrons. The summed E-state index contributed by atoms with van der Waals surface area (Å²) in [5, 5.41) is 4.18. The minimum Gasteiger partial charge on any atom is -0.200 e. The number of fused-ring (bicyclic) bond motifs is 1. The highest BCUT2D eigenvalue weighted by molar-refractivity contribution is 7.89. The average molecular weight is 306 g/mol. The van der Waals surface area contributed by atoms with Gasteiger partial charge in [-0.3, -0.25) is 0 Å². The minimum absolute atomic E-state index is 0.262. The summed E-state index contributed by atoms with van der Waals surface area (Å²) in [6.45, 7) is 6.52. The van der Waals surface area contributed by atoms with Crippen LogP contribution in [0.1, 0.15) is 38.7 Å². The van der Waals surface area contributed by atoms with E-state index in [9.17, 15) is 8.42 Å². The average Bonchev–Trinajstić information content (AvgIpc) is 2.99. The lowest BCUT2D eigenvalue weighted by atomic mass is 9.99. The molecule has 0 heterocycles. The SMILES string of the molecule is Cc1ccc(S(=O)(=O)N/N=C2/CC[C@@H]3[C@H](C2)C3(C)C)cc1. The largest absolute Gasteiger partial charge is 0.276 e. The summed E-state index contributed by atoms with van der Waals surface area (Å²) in [6.07, 6.45) is 2.96. The molecule has 0 spiro atoms. The Kier molecular flexibility index (Phi) is 3.35. The van der Waals surface area contributed by atoms with E-state index < -0.39 is 10.0 Å². The first kappa shape index (κ1) is 14.6. The Hall–Kier alpha value is -1.36. The summed E-state index contributed by atoms with van der Waals surface area (Å²) in [5.74, 6) is 1.47. The Labute approximate surface area is 126 Å². The number of benzene rings is 1. The van der Waals surface area contributed by atoms with E-state index in [-0.39, 0.29) is 4.90 Å². The van der Waals surface area contributed by atoms with E-state index >= 15 is 0 Å². The number of hydrogen-bond donors (Lipinski definition) is 1. The molecular formula is C16H22N2O2S. The molecule has 21 heavy (non-hydrogen) atoms. The van der Waals surface area contributed by atoms with Crippen LogP contribution in [0.4, 0.5) is 0 Å². The van der Waals surface area contributed by atoms with Gasteiger partial charge in [-0.25, -0.2) is 4.83 Å². The number of aryl methyl sites for hydroxylation is 1. The molecule has 0 aliphatic heterocycles. The lowest BCUT2D eigenvalue weighted by Gasteiger charge is -2.12. The standard InChI is InChI=1S/C16H22N2O2S/c1-11-4-7-13(8-5-11)21(19,20)18-17-12-6-9-14-15(10-12)16(14,2)3/h4-5,7-8,14-15,18H,6,9-10H2,1-3H3/b17-12-/t14-,15+/m1/s1. The zero-order valence-electron chi connectivity index (χ0n) is 12.8. The number of hydrazone groups is 1. The summed E-state index contributed by atoms with van der Waals surface area (Å²) in [4.78, 5) is 2.65. The first-order valence-electron chi connectivity index (χ1n) is 7.44. The van der Waals surface area contributed by atoms with Crippen molar-refractivity contribution in [2.45, 2.75) is 44.9 Å². The van der Waals surface area contributed by atoms with E-state index in [1.165, 1.54) is 0 Å². The second-order valence-electron chi connectivity index (χ2n) is 6.86. The molecule has 0 bridgehead atoms. The maximum absolute atomic E-state index is 12.2. The predicted octanol–water partition coefficient (Wildman–Crippen LogP) is 3.09. The van der Waals surface area contributed by atoms with Gasteiger partial charge in [0.15, 0.2) is 0 Å². The molecule has 5 heteroatoms. The van der Waals surface area contributed by atoms with E-state index in [1.54, 1.807) is 24.3 Å². The number of sulfonamides is 1. The summed E-state index contributed by atoms with van der Waals surface area (Å²) < 4.78 is 24.4. The van der Waals surface area contributed by atoms with Crippen molar-refractivity contribution in [3.05, 3.63) is 29.8 Å². The van der Waals surface area contributed by atoms with Gasteiger partial charge in [0.1, 0.15) is 0 Å². The van der Waals surface area contributed by atoms with Crippen LogP contribution in [0.15, 0.2) is 34.3 Å². The number of rotatable bonds is 3. The molecule has 2 atom stereocenters. The maximum atomic E-state index is 12.2. The van der Waals surface area contributed by atoms with Crippen LogP contribution in [-0.2, 0) is 10.0 Å². The Bertz CT molecular complexity index is 675. The van der Waals surface area contributed by atoms with Crippen molar-refractivity contribution in [2.75, 3.05) is 0 Å². The minimum atomic E-state index is -3.55. The summed E-state index contributed by atoms with van der Waals surface area (Å²) in [5.41, 5.74) is 2.43. The first-order valence-corrected chi connectivity index (χ1v) is 8.93. The molecule has 114 valence electrons. The lowest BCUT2D eigenvalue weighted by molar-refractivity contribution is 0.537. The smallest absolute Gasteiger partial charge is 0.200 e. The van der Waals surface area contributed by atoms with Crippen molar-refractivity contribution in [2.24, 2.45) is 22.4 Å². The highest BCUT2D eigenvalue weighted by Crippen LogP contribution is 2.64. The quantitative estimate of drug-likeness (QED) is 0.872. The van der Waals surface area contributed by atoms with Gasteiger partial charge in [-0.1, -0.05) is 31.5 Å². The molecule has 0 saturated heterocycles. The van der Waals surface area contributed by atoms with Gasteiger partial charge in [0.2, 0.25) is 0 Å². The first-order chi connectivity index (χ1) is 9.80. The molecule has 1 aromatic rings. The Morgan fingerprint density at radius 1 is 1.19 bits per heavy atom. The van der Waals surface area contributed by atoms with Gasteiger partial charge in [-0.05, 0) is 55.6 Å². The molecule has 1 N–H and O–H groups in total. The topological polar surface area (TPSA) is 58.5 Å². The van der Waals surface area contributed by atoms with Gasteiger partial charge in [0, 0.05) is 5.71 Å². The summed E-state index contributed by atoms with van der Waals surface area (Å²) in [6, 6.07) is 6.80. The summed E-state index contributed by atoms with van der Waals surface area (Å²) in [7, 11) is -3.55. The maximum Gasteiger partial charge on any atom is 0.276 e. The fourth-order valence-corrected chi connectivity index (χ4v) is 4.36.